The average Bonchev–Trinajstić information content (AvgIpc) is 2.86. The molecule has 0 aliphatic rings. The molecule has 0 atom stereocenters. The number of nitrogens with zero attached hydrogens (tertiary/aromatic N) is 2. The van der Waals surface area contributed by atoms with E-state index in [1.165, 1.54) is 18.2 Å². The van der Waals surface area contributed by atoms with Crippen LogP contribution in [-0.2, 0) is 6.54 Å². The van der Waals surface area contributed by atoms with Crippen LogP contribution in [-0.4, -0.2) is 15.7 Å². The van der Waals surface area contributed by atoms with E-state index in [2.05, 4.69) is 16.5 Å². The van der Waals surface area contributed by atoms with E-state index in [0.717, 1.165) is 16.8 Å². The minimum absolute atomic E-state index is 0.0685. The first-order valence-corrected chi connectivity index (χ1v) is 8.17. The molecule has 1 amide bonds. The summed E-state index contributed by atoms with van der Waals surface area (Å²) in [4.78, 5) is 12.4. The minimum atomic E-state index is -0.661. The van der Waals surface area contributed by atoms with Gasteiger partial charge in [0.1, 0.15) is 11.6 Å². The summed E-state index contributed by atoms with van der Waals surface area (Å²) in [5.74, 6) is -0.775. The van der Waals surface area contributed by atoms with Crippen LogP contribution in [0.25, 0.3) is 0 Å². The Balaban J connectivity index is 1.87. The van der Waals surface area contributed by atoms with Gasteiger partial charge in [-0.25, -0.2) is 9.07 Å². The zero-order chi connectivity index (χ0) is 18.0. The number of anilines is 1. The summed E-state index contributed by atoms with van der Waals surface area (Å²) in [5.41, 5.74) is 2.78. The molecule has 3 rings (SSSR count). The minimum Gasteiger partial charge on any atom is -0.307 e. The average molecular weight is 358 g/mol. The summed E-state index contributed by atoms with van der Waals surface area (Å²) in [6.45, 7) is 4.34. The first-order chi connectivity index (χ1) is 11.9. The van der Waals surface area contributed by atoms with Crippen LogP contribution in [0.4, 0.5) is 10.2 Å². The molecule has 0 bridgehead atoms. The molecule has 128 valence electrons. The van der Waals surface area contributed by atoms with Crippen molar-refractivity contribution in [2.24, 2.45) is 0 Å². The fraction of sp³-hybridized carbons (Fsp3) is 0.158. The summed E-state index contributed by atoms with van der Waals surface area (Å²) in [7, 11) is 0. The van der Waals surface area contributed by atoms with Crippen LogP contribution in [0.2, 0.25) is 5.02 Å². The maximum Gasteiger partial charge on any atom is 0.261 e. The van der Waals surface area contributed by atoms with Crippen molar-refractivity contribution in [3.63, 3.8) is 0 Å². The van der Waals surface area contributed by atoms with Crippen molar-refractivity contribution in [1.29, 1.82) is 0 Å². The third kappa shape index (κ3) is 3.88. The van der Waals surface area contributed by atoms with E-state index < -0.39 is 11.7 Å². The largest absolute Gasteiger partial charge is 0.307 e. The highest BCUT2D eigenvalue weighted by molar-refractivity contribution is 6.34. The van der Waals surface area contributed by atoms with Crippen molar-refractivity contribution >= 4 is 23.3 Å². The molecule has 0 saturated heterocycles. The zero-order valence-electron chi connectivity index (χ0n) is 13.9. The Hall–Kier alpha value is -2.66. The van der Waals surface area contributed by atoms with Gasteiger partial charge < -0.3 is 5.32 Å². The zero-order valence-corrected chi connectivity index (χ0v) is 14.6. The van der Waals surface area contributed by atoms with Gasteiger partial charge in [-0.1, -0.05) is 47.5 Å². The van der Waals surface area contributed by atoms with E-state index in [0.29, 0.717) is 12.4 Å². The van der Waals surface area contributed by atoms with Gasteiger partial charge in [0.25, 0.3) is 5.91 Å². The second-order valence-electron chi connectivity index (χ2n) is 5.87. The summed E-state index contributed by atoms with van der Waals surface area (Å²) in [5, 5.41) is 7.17. The van der Waals surface area contributed by atoms with Crippen LogP contribution in [0.5, 0.6) is 0 Å². The number of aryl methyl sites for hydroxylation is 2. The number of aromatic nitrogens is 2. The van der Waals surface area contributed by atoms with E-state index in [9.17, 15) is 9.18 Å². The normalized spacial score (nSPS) is 10.7. The Labute approximate surface area is 150 Å². The molecule has 4 nitrogen and oxygen atoms in total. The predicted octanol–water partition coefficient (Wildman–Crippen LogP) is 4.59. The quantitative estimate of drug-likeness (QED) is 0.742. The number of amides is 1. The maximum absolute atomic E-state index is 13.9. The molecule has 0 aliphatic heterocycles. The number of hydrogen-bond donors (Lipinski definition) is 1. The van der Waals surface area contributed by atoms with Crippen LogP contribution in [0, 0.1) is 19.7 Å². The summed E-state index contributed by atoms with van der Waals surface area (Å²) in [6.07, 6.45) is 0. The Kier molecular flexibility index (Phi) is 4.86. The van der Waals surface area contributed by atoms with Crippen molar-refractivity contribution < 1.29 is 9.18 Å². The molecule has 1 N–H and O–H groups in total. The Morgan fingerprint density at radius 2 is 1.96 bits per heavy atom. The monoisotopic (exact) mass is 357 g/mol. The third-order valence-corrected chi connectivity index (χ3v) is 4.06. The molecule has 1 heterocycles. The molecule has 0 saturated carbocycles. The highest BCUT2D eigenvalue weighted by Gasteiger charge is 2.18. The lowest BCUT2D eigenvalue weighted by molar-refractivity contribution is 0.102. The van der Waals surface area contributed by atoms with Gasteiger partial charge in [-0.05, 0) is 31.5 Å². The SMILES string of the molecule is Cc1cccc(Cn2nc(C)cc2NC(=O)c2c(F)cccc2Cl)c1. The standard InChI is InChI=1S/C19H17ClFN3O/c1-12-5-3-6-14(9-12)11-24-17(10-13(2)23-24)22-19(25)18-15(20)7-4-8-16(18)21/h3-10H,11H2,1-2H3,(H,22,25). The Morgan fingerprint density at radius 3 is 2.68 bits per heavy atom. The van der Waals surface area contributed by atoms with E-state index >= 15 is 0 Å². The van der Waals surface area contributed by atoms with Gasteiger partial charge >= 0.3 is 0 Å². The van der Waals surface area contributed by atoms with Gasteiger partial charge in [-0.2, -0.15) is 5.10 Å². The number of nitrogens with one attached hydrogen (secondary N) is 1. The first kappa shape index (κ1) is 17.2. The van der Waals surface area contributed by atoms with Gasteiger partial charge in [0.05, 0.1) is 22.8 Å². The smallest absolute Gasteiger partial charge is 0.261 e. The fourth-order valence-electron chi connectivity index (χ4n) is 2.64. The van der Waals surface area contributed by atoms with E-state index in [1.807, 2.05) is 32.0 Å². The van der Waals surface area contributed by atoms with Gasteiger partial charge in [0, 0.05) is 6.07 Å². The van der Waals surface area contributed by atoms with Gasteiger partial charge in [-0.15, -0.1) is 0 Å². The lowest BCUT2D eigenvalue weighted by atomic mass is 10.1. The second kappa shape index (κ2) is 7.07. The molecule has 3 aromatic rings. The topological polar surface area (TPSA) is 46.9 Å². The summed E-state index contributed by atoms with van der Waals surface area (Å²) in [6, 6.07) is 13.9. The molecule has 2 aromatic carbocycles. The van der Waals surface area contributed by atoms with Gasteiger partial charge in [-0.3, -0.25) is 4.79 Å². The molecule has 6 heteroatoms. The number of benzene rings is 2. The molecule has 0 unspecified atom stereocenters. The predicted molar refractivity (Wildman–Crippen MR) is 96.6 cm³/mol. The van der Waals surface area contributed by atoms with E-state index in [1.54, 1.807) is 10.7 Å². The molecular formula is C19H17ClFN3O. The maximum atomic E-state index is 13.9. The van der Waals surface area contributed by atoms with Crippen LogP contribution in [0.15, 0.2) is 48.5 Å². The molecule has 0 radical (unpaired) electrons. The molecular weight excluding hydrogens is 341 g/mol. The van der Waals surface area contributed by atoms with E-state index in [-0.39, 0.29) is 10.6 Å². The fourth-order valence-corrected chi connectivity index (χ4v) is 2.89. The Bertz CT molecular complexity index is 916. The first-order valence-electron chi connectivity index (χ1n) is 7.79. The van der Waals surface area contributed by atoms with Crippen molar-refractivity contribution in [1.82, 2.24) is 9.78 Å². The number of carbonyl (C=O) groups is 1. The van der Waals surface area contributed by atoms with Crippen molar-refractivity contribution in [2.75, 3.05) is 5.32 Å². The lowest BCUT2D eigenvalue weighted by Gasteiger charge is -2.11. The molecule has 0 spiro atoms. The van der Waals surface area contributed by atoms with Crippen LogP contribution in [0.3, 0.4) is 0 Å². The van der Waals surface area contributed by atoms with Gasteiger partial charge in [0.2, 0.25) is 0 Å². The number of rotatable bonds is 4. The summed E-state index contributed by atoms with van der Waals surface area (Å²) < 4.78 is 15.6. The summed E-state index contributed by atoms with van der Waals surface area (Å²) >= 11 is 5.96. The van der Waals surface area contributed by atoms with Gasteiger partial charge in [0.15, 0.2) is 0 Å². The second-order valence-corrected chi connectivity index (χ2v) is 6.28. The van der Waals surface area contributed by atoms with Crippen LogP contribution < -0.4 is 5.32 Å². The van der Waals surface area contributed by atoms with E-state index in [4.69, 9.17) is 11.6 Å². The number of halogens is 2. The van der Waals surface area contributed by atoms with Crippen molar-refractivity contribution in [2.45, 2.75) is 20.4 Å². The van der Waals surface area contributed by atoms with Crippen LogP contribution >= 0.6 is 11.6 Å². The number of hydrogen-bond acceptors (Lipinski definition) is 2. The Morgan fingerprint density at radius 1 is 1.20 bits per heavy atom. The van der Waals surface area contributed by atoms with Crippen molar-refractivity contribution in [3.05, 3.63) is 81.8 Å². The molecule has 1 aromatic heterocycles. The third-order valence-electron chi connectivity index (χ3n) is 3.75. The lowest BCUT2D eigenvalue weighted by Crippen LogP contribution is -2.18. The molecule has 25 heavy (non-hydrogen) atoms. The molecule has 0 aliphatic carbocycles. The number of carbonyl (C=O) groups excluding carboxylic acids is 1. The highest BCUT2D eigenvalue weighted by atomic mass is 35.5. The molecule has 0 fully saturated rings. The van der Waals surface area contributed by atoms with Crippen LogP contribution in [0.1, 0.15) is 27.2 Å². The highest BCUT2D eigenvalue weighted by Crippen LogP contribution is 2.21. The van der Waals surface area contributed by atoms with Crippen molar-refractivity contribution in [3.8, 4) is 0 Å².